The van der Waals surface area contributed by atoms with Gasteiger partial charge in [-0.1, -0.05) is 12.1 Å². The number of thioether (sulfide) groups is 1. The van der Waals surface area contributed by atoms with Crippen LogP contribution in [0.2, 0.25) is 0 Å². The maximum absolute atomic E-state index is 11.8. The molecule has 1 aliphatic rings. The number of carboxylic acids is 1. The van der Waals surface area contributed by atoms with E-state index in [1.54, 1.807) is 12.1 Å². The van der Waals surface area contributed by atoms with Crippen molar-refractivity contribution in [3.63, 3.8) is 0 Å². The molecular weight excluding hydrogens is 282 g/mol. The van der Waals surface area contributed by atoms with Gasteiger partial charge in [0.15, 0.2) is 0 Å². The van der Waals surface area contributed by atoms with E-state index in [2.05, 4.69) is 0 Å². The molecule has 1 aromatic rings. The molecule has 0 radical (unpaired) electrons. The van der Waals surface area contributed by atoms with Gasteiger partial charge in [-0.15, -0.1) is 11.8 Å². The highest BCUT2D eigenvalue weighted by atomic mass is 32.2. The van der Waals surface area contributed by atoms with Gasteiger partial charge in [-0.05, 0) is 17.7 Å². The predicted molar refractivity (Wildman–Crippen MR) is 72.4 cm³/mol. The summed E-state index contributed by atoms with van der Waals surface area (Å²) < 4.78 is 0. The summed E-state index contributed by atoms with van der Waals surface area (Å²) in [5.74, 6) is -1.86. The molecule has 20 heavy (non-hydrogen) atoms. The van der Waals surface area contributed by atoms with Crippen LogP contribution in [0, 0.1) is 0 Å². The fourth-order valence-electron chi connectivity index (χ4n) is 2.00. The second kappa shape index (κ2) is 5.96. The zero-order chi connectivity index (χ0) is 14.7. The van der Waals surface area contributed by atoms with Crippen LogP contribution in [-0.2, 0) is 20.8 Å². The van der Waals surface area contributed by atoms with Crippen LogP contribution in [0.3, 0.4) is 0 Å². The number of aromatic hydroxyl groups is 1. The van der Waals surface area contributed by atoms with Gasteiger partial charge in [-0.3, -0.25) is 14.5 Å². The highest BCUT2D eigenvalue weighted by Crippen LogP contribution is 2.19. The lowest BCUT2D eigenvalue weighted by molar-refractivity contribution is -0.156. The molecule has 0 aromatic heterocycles. The third-order valence-corrected chi connectivity index (χ3v) is 3.85. The van der Waals surface area contributed by atoms with Crippen LogP contribution in [0.5, 0.6) is 5.75 Å². The molecule has 1 aromatic carbocycles. The number of hydrogen-bond donors (Lipinski definition) is 2. The number of carbonyl (C=O) groups is 3. The van der Waals surface area contributed by atoms with E-state index >= 15 is 0 Å². The van der Waals surface area contributed by atoms with E-state index in [-0.39, 0.29) is 23.7 Å². The lowest BCUT2D eigenvalue weighted by Gasteiger charge is -2.30. The smallest absolute Gasteiger partial charge is 0.327 e. The number of benzene rings is 1. The summed E-state index contributed by atoms with van der Waals surface area (Å²) in [5, 5.41) is 18.5. The summed E-state index contributed by atoms with van der Waals surface area (Å²) in [7, 11) is 0. The summed E-state index contributed by atoms with van der Waals surface area (Å²) in [5.41, 5.74) is 0.633. The minimum Gasteiger partial charge on any atom is -0.508 e. The van der Waals surface area contributed by atoms with Crippen molar-refractivity contribution >= 4 is 29.5 Å². The molecular formula is C13H13NO5S. The SMILES string of the molecule is O=C(O)C(Cc1ccc(O)cc1)N1C(=O)CSCC1=O. The average Bonchev–Trinajstić information content (AvgIpc) is 2.39. The zero-order valence-corrected chi connectivity index (χ0v) is 11.3. The Balaban J connectivity index is 2.22. The van der Waals surface area contributed by atoms with Gasteiger partial charge >= 0.3 is 5.97 Å². The van der Waals surface area contributed by atoms with Gasteiger partial charge in [0.1, 0.15) is 11.8 Å². The highest BCUT2D eigenvalue weighted by Gasteiger charge is 2.36. The van der Waals surface area contributed by atoms with Crippen LogP contribution in [0.1, 0.15) is 5.56 Å². The average molecular weight is 295 g/mol. The number of rotatable bonds is 4. The highest BCUT2D eigenvalue weighted by molar-refractivity contribution is 8.00. The van der Waals surface area contributed by atoms with Gasteiger partial charge < -0.3 is 10.2 Å². The second-order valence-electron chi connectivity index (χ2n) is 4.37. The van der Waals surface area contributed by atoms with Crippen LogP contribution < -0.4 is 0 Å². The standard InChI is InChI=1S/C13H13NO5S/c15-9-3-1-8(2-4-9)5-10(13(18)19)14-11(16)6-20-7-12(14)17/h1-4,10,15H,5-7H2,(H,18,19). The van der Waals surface area contributed by atoms with Crippen LogP contribution in [-0.4, -0.2) is 50.4 Å². The van der Waals surface area contributed by atoms with Gasteiger partial charge in [-0.2, -0.15) is 0 Å². The van der Waals surface area contributed by atoms with Crippen LogP contribution in [0.4, 0.5) is 0 Å². The third kappa shape index (κ3) is 3.11. The quantitative estimate of drug-likeness (QED) is 0.785. The molecule has 106 valence electrons. The van der Waals surface area contributed by atoms with Crippen molar-refractivity contribution in [1.82, 2.24) is 4.90 Å². The minimum absolute atomic E-state index is 0.0256. The van der Waals surface area contributed by atoms with E-state index in [4.69, 9.17) is 0 Å². The van der Waals surface area contributed by atoms with Crippen molar-refractivity contribution in [2.24, 2.45) is 0 Å². The molecule has 2 rings (SSSR count). The van der Waals surface area contributed by atoms with Crippen molar-refractivity contribution in [2.45, 2.75) is 12.5 Å². The number of phenolic OH excluding ortho intramolecular Hbond substituents is 1. The van der Waals surface area contributed by atoms with Crippen molar-refractivity contribution in [3.8, 4) is 5.75 Å². The van der Waals surface area contributed by atoms with Crippen molar-refractivity contribution < 1.29 is 24.6 Å². The van der Waals surface area contributed by atoms with E-state index in [9.17, 15) is 24.6 Å². The van der Waals surface area contributed by atoms with Crippen LogP contribution in [0.15, 0.2) is 24.3 Å². The molecule has 0 spiro atoms. The Morgan fingerprint density at radius 3 is 2.25 bits per heavy atom. The van der Waals surface area contributed by atoms with E-state index in [1.165, 1.54) is 23.9 Å². The number of hydrogen-bond acceptors (Lipinski definition) is 5. The normalized spacial score (nSPS) is 17.1. The lowest BCUT2D eigenvalue weighted by atomic mass is 10.0. The van der Waals surface area contributed by atoms with Gasteiger partial charge in [-0.25, -0.2) is 4.79 Å². The van der Waals surface area contributed by atoms with Crippen molar-refractivity contribution in [2.75, 3.05) is 11.5 Å². The minimum atomic E-state index is -1.22. The molecule has 1 saturated heterocycles. The number of phenols is 1. The topological polar surface area (TPSA) is 94.9 Å². The zero-order valence-electron chi connectivity index (χ0n) is 10.5. The summed E-state index contributed by atoms with van der Waals surface area (Å²) in [4.78, 5) is 35.7. The monoisotopic (exact) mass is 295 g/mol. The number of carbonyl (C=O) groups excluding carboxylic acids is 2. The molecule has 1 atom stereocenters. The Hall–Kier alpha value is -2.02. The number of nitrogens with zero attached hydrogens (tertiary/aromatic N) is 1. The van der Waals surface area contributed by atoms with Gasteiger partial charge in [0.2, 0.25) is 11.8 Å². The first kappa shape index (κ1) is 14.4. The molecule has 2 amide bonds. The first-order chi connectivity index (χ1) is 9.49. The Morgan fingerprint density at radius 2 is 1.75 bits per heavy atom. The van der Waals surface area contributed by atoms with Crippen molar-refractivity contribution in [1.29, 1.82) is 0 Å². The van der Waals surface area contributed by atoms with Gasteiger partial charge in [0.05, 0.1) is 11.5 Å². The number of aliphatic carboxylic acids is 1. The Morgan fingerprint density at radius 1 is 1.20 bits per heavy atom. The van der Waals surface area contributed by atoms with Crippen molar-refractivity contribution in [3.05, 3.63) is 29.8 Å². The Labute approximate surface area is 119 Å². The summed E-state index contributed by atoms with van der Waals surface area (Å²) >= 11 is 1.19. The van der Waals surface area contributed by atoms with E-state index in [1.807, 2.05) is 0 Å². The fourth-order valence-corrected chi connectivity index (χ4v) is 2.73. The first-order valence-electron chi connectivity index (χ1n) is 5.92. The van der Waals surface area contributed by atoms with E-state index < -0.39 is 23.8 Å². The molecule has 1 aliphatic heterocycles. The summed E-state index contributed by atoms with van der Waals surface area (Å²) in [6.45, 7) is 0. The molecule has 0 bridgehead atoms. The molecule has 1 heterocycles. The molecule has 6 nitrogen and oxygen atoms in total. The Bertz CT molecular complexity index is 526. The number of imide groups is 1. The fraction of sp³-hybridized carbons (Fsp3) is 0.308. The molecule has 0 saturated carbocycles. The van der Waals surface area contributed by atoms with Gasteiger partial charge in [0, 0.05) is 6.42 Å². The maximum atomic E-state index is 11.8. The summed E-state index contributed by atoms with van der Waals surface area (Å²) in [6.07, 6.45) is 0.0256. The largest absolute Gasteiger partial charge is 0.508 e. The summed E-state index contributed by atoms with van der Waals surface area (Å²) in [6, 6.07) is 4.80. The number of carboxylic acid groups (broad SMARTS) is 1. The molecule has 1 unspecified atom stereocenters. The second-order valence-corrected chi connectivity index (χ2v) is 5.36. The third-order valence-electron chi connectivity index (χ3n) is 2.95. The van der Waals surface area contributed by atoms with Gasteiger partial charge in [0.25, 0.3) is 0 Å². The van der Waals surface area contributed by atoms with Crippen LogP contribution in [0.25, 0.3) is 0 Å². The maximum Gasteiger partial charge on any atom is 0.327 e. The van der Waals surface area contributed by atoms with Crippen LogP contribution >= 0.6 is 11.8 Å². The number of amides is 2. The predicted octanol–water partition coefficient (Wildman–Crippen LogP) is 0.490. The molecule has 0 aliphatic carbocycles. The first-order valence-corrected chi connectivity index (χ1v) is 7.08. The Kier molecular flexibility index (Phi) is 4.29. The van der Waals surface area contributed by atoms with E-state index in [0.29, 0.717) is 5.56 Å². The lowest BCUT2D eigenvalue weighted by Crippen LogP contribution is -2.53. The van der Waals surface area contributed by atoms with E-state index in [0.717, 1.165) is 4.90 Å². The molecule has 7 heteroatoms. The molecule has 2 N–H and O–H groups in total. The molecule has 1 fully saturated rings.